The highest BCUT2D eigenvalue weighted by Gasteiger charge is 2.19. The molecule has 0 aromatic rings. The van der Waals surface area contributed by atoms with Crippen LogP contribution in [0.25, 0.3) is 0 Å². The molecule has 1 atom stereocenters. The first-order valence-corrected chi connectivity index (χ1v) is 30.5. The summed E-state index contributed by atoms with van der Waals surface area (Å²) in [7, 11) is 0. The van der Waals surface area contributed by atoms with Crippen molar-refractivity contribution in [3.05, 3.63) is 122 Å². The first-order valence-electron chi connectivity index (χ1n) is 30.5. The lowest BCUT2D eigenvalue weighted by atomic mass is 10.1. The average Bonchev–Trinajstić information content (AvgIpc) is 3.40. The highest BCUT2D eigenvalue weighted by Crippen LogP contribution is 2.15. The van der Waals surface area contributed by atoms with Gasteiger partial charge in [0.1, 0.15) is 13.2 Å². The number of allylic oxidation sites excluding steroid dienone is 20. The molecule has 0 aromatic carbocycles. The Hall–Kier alpha value is -4.19. The number of unbranched alkanes of at least 4 members (excludes halogenated alkanes) is 23. The van der Waals surface area contributed by atoms with Crippen molar-refractivity contribution in [2.75, 3.05) is 13.2 Å². The van der Waals surface area contributed by atoms with Gasteiger partial charge in [-0.1, -0.05) is 258 Å². The van der Waals surface area contributed by atoms with E-state index in [1.54, 1.807) is 0 Å². The molecule has 6 heteroatoms. The number of hydrogen-bond acceptors (Lipinski definition) is 6. The number of esters is 3. The summed E-state index contributed by atoms with van der Waals surface area (Å²) in [6.45, 7) is 6.47. The van der Waals surface area contributed by atoms with E-state index < -0.39 is 6.10 Å². The van der Waals surface area contributed by atoms with Crippen LogP contribution in [0.15, 0.2) is 122 Å². The van der Waals surface area contributed by atoms with Crippen molar-refractivity contribution in [3.63, 3.8) is 0 Å². The monoisotopic (exact) mass is 1020 g/mol. The molecule has 0 aliphatic rings. The minimum Gasteiger partial charge on any atom is -0.462 e. The Kier molecular flexibility index (Phi) is 57.9. The molecule has 0 radical (unpaired) electrons. The average molecular weight is 1030 g/mol. The summed E-state index contributed by atoms with van der Waals surface area (Å²) in [4.78, 5) is 38.1. The molecule has 0 heterocycles. The van der Waals surface area contributed by atoms with Gasteiger partial charge < -0.3 is 14.2 Å². The minimum absolute atomic E-state index is 0.0871. The normalized spacial score (nSPS) is 13.0. The number of ether oxygens (including phenoxy) is 3. The van der Waals surface area contributed by atoms with Crippen LogP contribution in [0.1, 0.15) is 271 Å². The molecule has 6 nitrogen and oxygen atoms in total. The highest BCUT2D eigenvalue weighted by molar-refractivity contribution is 5.71. The number of rotatable bonds is 54. The van der Waals surface area contributed by atoms with Crippen molar-refractivity contribution in [1.82, 2.24) is 0 Å². The zero-order valence-corrected chi connectivity index (χ0v) is 48.1. The summed E-state index contributed by atoms with van der Waals surface area (Å²) in [5, 5.41) is 0. The van der Waals surface area contributed by atoms with Crippen molar-refractivity contribution in [1.29, 1.82) is 0 Å². The molecule has 0 saturated carbocycles. The second kappa shape index (κ2) is 61.4. The molecule has 0 amide bonds. The van der Waals surface area contributed by atoms with Crippen LogP contribution in [0, 0.1) is 0 Å². The van der Waals surface area contributed by atoms with Gasteiger partial charge in [0.2, 0.25) is 0 Å². The Morgan fingerprint density at radius 3 is 0.865 bits per heavy atom. The predicted octanol–water partition coefficient (Wildman–Crippen LogP) is 20.8. The lowest BCUT2D eigenvalue weighted by Gasteiger charge is -2.18. The van der Waals surface area contributed by atoms with Crippen molar-refractivity contribution >= 4 is 17.9 Å². The van der Waals surface area contributed by atoms with Crippen LogP contribution < -0.4 is 0 Å². The quantitative estimate of drug-likeness (QED) is 0.0261. The standard InChI is InChI=1S/C68H112O6/c1-4-7-10-13-16-19-22-24-25-26-27-28-29-30-31-32-33-34-35-36-37-38-39-40-41-42-43-44-47-49-52-55-58-61-67(70)73-64-65(63-72-66(69)60-57-54-51-48-45-21-18-15-12-9-6-3)74-68(71)62-59-56-53-50-46-23-20-17-14-11-8-5-2/h7,10,16-17,19-20,24-25,27-28,30-31,33-34,36-37,39-40,42-43,65H,4-6,8-9,11-15,18,21-23,26,29,32,35,38,41,44-64H2,1-3H3/b10-7-,19-16-,20-17-,25-24-,28-27-,31-30-,34-33-,37-36-,40-39-,43-42-. The van der Waals surface area contributed by atoms with Gasteiger partial charge in [-0.15, -0.1) is 0 Å². The van der Waals surface area contributed by atoms with Crippen molar-refractivity contribution < 1.29 is 28.6 Å². The van der Waals surface area contributed by atoms with Crippen LogP contribution in [-0.2, 0) is 28.6 Å². The van der Waals surface area contributed by atoms with Crippen molar-refractivity contribution in [2.45, 2.75) is 277 Å². The van der Waals surface area contributed by atoms with E-state index in [-0.39, 0.29) is 31.1 Å². The molecule has 420 valence electrons. The first-order chi connectivity index (χ1) is 36.5. The molecule has 0 aliphatic heterocycles. The van der Waals surface area contributed by atoms with Crippen LogP contribution in [0.5, 0.6) is 0 Å². The minimum atomic E-state index is -0.790. The van der Waals surface area contributed by atoms with Gasteiger partial charge in [-0.05, 0) is 116 Å². The largest absolute Gasteiger partial charge is 0.462 e. The third kappa shape index (κ3) is 58.7. The molecular formula is C68H112O6. The highest BCUT2D eigenvalue weighted by atomic mass is 16.6. The van der Waals surface area contributed by atoms with Crippen LogP contribution >= 0.6 is 0 Å². The lowest BCUT2D eigenvalue weighted by molar-refractivity contribution is -0.167. The fraction of sp³-hybridized carbons (Fsp3) is 0.662. The van der Waals surface area contributed by atoms with E-state index >= 15 is 0 Å². The molecule has 0 rings (SSSR count). The molecule has 0 fully saturated rings. The zero-order valence-electron chi connectivity index (χ0n) is 48.1. The fourth-order valence-electron chi connectivity index (χ4n) is 8.13. The van der Waals surface area contributed by atoms with E-state index in [9.17, 15) is 14.4 Å². The molecule has 0 aliphatic carbocycles. The van der Waals surface area contributed by atoms with Crippen LogP contribution in [-0.4, -0.2) is 37.2 Å². The maximum absolute atomic E-state index is 12.8. The first kappa shape index (κ1) is 69.8. The van der Waals surface area contributed by atoms with Gasteiger partial charge in [0.05, 0.1) is 0 Å². The van der Waals surface area contributed by atoms with Gasteiger partial charge in [0.25, 0.3) is 0 Å². The maximum atomic E-state index is 12.8. The summed E-state index contributed by atoms with van der Waals surface area (Å²) in [5.41, 5.74) is 0. The lowest BCUT2D eigenvalue weighted by Crippen LogP contribution is -2.30. The molecule has 0 N–H and O–H groups in total. The maximum Gasteiger partial charge on any atom is 0.306 e. The van der Waals surface area contributed by atoms with Crippen molar-refractivity contribution in [3.8, 4) is 0 Å². The summed E-state index contributed by atoms with van der Waals surface area (Å²) in [6, 6.07) is 0. The topological polar surface area (TPSA) is 78.9 Å². The Morgan fingerprint density at radius 2 is 0.527 bits per heavy atom. The van der Waals surface area contributed by atoms with Gasteiger partial charge in [0, 0.05) is 19.3 Å². The van der Waals surface area contributed by atoms with Gasteiger partial charge in [-0.2, -0.15) is 0 Å². The summed E-state index contributed by atoms with van der Waals surface area (Å²) >= 11 is 0. The number of carbonyl (C=O) groups excluding carboxylic acids is 3. The van der Waals surface area contributed by atoms with E-state index in [1.807, 2.05) is 0 Å². The van der Waals surface area contributed by atoms with E-state index in [2.05, 4.69) is 142 Å². The Morgan fingerprint density at radius 1 is 0.284 bits per heavy atom. The molecule has 0 spiro atoms. The fourth-order valence-corrected chi connectivity index (χ4v) is 8.13. The van der Waals surface area contributed by atoms with Crippen LogP contribution in [0.2, 0.25) is 0 Å². The summed E-state index contributed by atoms with van der Waals surface area (Å²) < 4.78 is 16.8. The van der Waals surface area contributed by atoms with Gasteiger partial charge in [-0.25, -0.2) is 0 Å². The van der Waals surface area contributed by atoms with Crippen LogP contribution in [0.3, 0.4) is 0 Å². The second-order valence-corrected chi connectivity index (χ2v) is 19.9. The van der Waals surface area contributed by atoms with E-state index in [4.69, 9.17) is 14.2 Å². The predicted molar refractivity (Wildman–Crippen MR) is 320 cm³/mol. The third-order valence-corrected chi connectivity index (χ3v) is 12.7. The van der Waals surface area contributed by atoms with Gasteiger partial charge in [-0.3, -0.25) is 14.4 Å². The van der Waals surface area contributed by atoms with E-state index in [0.29, 0.717) is 19.3 Å². The number of carbonyl (C=O) groups is 3. The molecule has 74 heavy (non-hydrogen) atoms. The number of hydrogen-bond donors (Lipinski definition) is 0. The third-order valence-electron chi connectivity index (χ3n) is 12.7. The summed E-state index contributed by atoms with van der Waals surface area (Å²) in [5.74, 6) is -0.917. The molecular weight excluding hydrogens is 913 g/mol. The van der Waals surface area contributed by atoms with E-state index in [1.165, 1.54) is 83.5 Å². The van der Waals surface area contributed by atoms with E-state index in [0.717, 1.165) is 148 Å². The molecule has 1 unspecified atom stereocenters. The Balaban J connectivity index is 4.25. The molecule has 0 saturated heterocycles. The summed E-state index contributed by atoms with van der Waals surface area (Å²) in [6.07, 6.45) is 84.9. The molecule has 0 bridgehead atoms. The molecule has 0 aromatic heterocycles. The van der Waals surface area contributed by atoms with Crippen LogP contribution in [0.4, 0.5) is 0 Å². The smallest absolute Gasteiger partial charge is 0.306 e. The van der Waals surface area contributed by atoms with Gasteiger partial charge >= 0.3 is 17.9 Å². The Bertz CT molecular complexity index is 1550. The SMILES string of the molecule is CC/C=C\C/C=C\C/C=C\C/C=C\C/C=C\C/C=C\C/C=C\C/C=C\C/C=C\CCCCCCCC(=O)OCC(COC(=O)CCCCCCCCCCCCC)OC(=O)CCCCCCC/C=C\CCCCC. The van der Waals surface area contributed by atoms with Crippen molar-refractivity contribution in [2.24, 2.45) is 0 Å². The van der Waals surface area contributed by atoms with Gasteiger partial charge in [0.15, 0.2) is 6.10 Å². The zero-order chi connectivity index (χ0) is 53.6. The second-order valence-electron chi connectivity index (χ2n) is 19.9. The Labute approximate surface area is 456 Å².